The minimum atomic E-state index is -0.299. The van der Waals surface area contributed by atoms with E-state index < -0.39 is 0 Å². The number of aliphatic hydroxyl groups excluding tert-OH is 1. The van der Waals surface area contributed by atoms with Gasteiger partial charge in [0.25, 0.3) is 0 Å². The average Bonchev–Trinajstić information content (AvgIpc) is 3.17. The van der Waals surface area contributed by atoms with Crippen molar-refractivity contribution in [1.29, 1.82) is 5.41 Å². The smallest absolute Gasteiger partial charge is 0.205 e. The average molecular weight is 349 g/mol. The van der Waals surface area contributed by atoms with Gasteiger partial charge in [-0.05, 0) is 41.5 Å². The lowest BCUT2D eigenvalue weighted by Gasteiger charge is -2.38. The lowest BCUT2D eigenvalue weighted by Crippen LogP contribution is -2.42. The molecule has 0 spiro atoms. The highest BCUT2D eigenvalue weighted by Gasteiger charge is 2.33. The number of hydrogen-bond donors (Lipinski definition) is 3. The van der Waals surface area contributed by atoms with Crippen molar-refractivity contribution in [2.45, 2.75) is 12.8 Å². The molecule has 1 aliphatic heterocycles. The second-order valence-corrected chi connectivity index (χ2v) is 6.03. The second-order valence-electron chi connectivity index (χ2n) is 6.03. The number of benzene rings is 2. The van der Waals surface area contributed by atoms with Crippen LogP contribution in [0.5, 0.6) is 5.75 Å². The molecular weight excluding hydrogens is 330 g/mol. The Labute approximate surface area is 151 Å². The van der Waals surface area contributed by atoms with Crippen LogP contribution in [0.25, 0.3) is 0 Å². The fourth-order valence-electron chi connectivity index (χ4n) is 3.11. The molecule has 26 heavy (non-hydrogen) atoms. The first-order valence-corrected chi connectivity index (χ1v) is 8.27. The van der Waals surface area contributed by atoms with Crippen LogP contribution in [-0.4, -0.2) is 18.1 Å². The van der Waals surface area contributed by atoms with E-state index in [1.165, 1.54) is 0 Å². The van der Waals surface area contributed by atoms with Crippen molar-refractivity contribution in [3.63, 3.8) is 0 Å². The van der Waals surface area contributed by atoms with Gasteiger partial charge in [0.05, 0.1) is 25.5 Å². The summed E-state index contributed by atoms with van der Waals surface area (Å²) in [7, 11) is 1.63. The number of furan rings is 1. The lowest BCUT2D eigenvalue weighted by molar-refractivity contribution is 0.282. The summed E-state index contributed by atoms with van der Waals surface area (Å²) in [6.45, 7) is -0.0102. The normalized spacial score (nSPS) is 16.2. The first kappa shape index (κ1) is 16.2. The number of ether oxygens (including phenoxy) is 1. The number of nitrogens with zero attached hydrogens (tertiary/aromatic N) is 1. The number of nitrogens with one attached hydrogen (secondary N) is 2. The Bertz CT molecular complexity index is 916. The van der Waals surface area contributed by atoms with E-state index in [0.29, 0.717) is 17.3 Å². The zero-order valence-electron chi connectivity index (χ0n) is 14.3. The van der Waals surface area contributed by atoms with Crippen LogP contribution >= 0.6 is 0 Å². The summed E-state index contributed by atoms with van der Waals surface area (Å²) in [5.74, 6) is 1.71. The SMILES string of the molecule is COc1ccc(C2Nc3occc3C(=N)N2c2ccc(CO)cc2)cc1. The first-order chi connectivity index (χ1) is 12.7. The number of aliphatic hydroxyl groups is 1. The van der Waals surface area contributed by atoms with E-state index in [2.05, 4.69) is 5.32 Å². The summed E-state index contributed by atoms with van der Waals surface area (Å²) >= 11 is 0. The lowest BCUT2D eigenvalue weighted by atomic mass is 10.0. The minimum absolute atomic E-state index is 0.0102. The van der Waals surface area contributed by atoms with E-state index in [-0.39, 0.29) is 12.8 Å². The molecule has 0 bridgehead atoms. The molecule has 6 heteroatoms. The Kier molecular flexibility index (Phi) is 4.10. The number of methoxy groups -OCH3 is 1. The third kappa shape index (κ3) is 2.70. The van der Waals surface area contributed by atoms with Gasteiger partial charge in [-0.15, -0.1) is 0 Å². The van der Waals surface area contributed by atoms with Crippen LogP contribution in [0.1, 0.15) is 22.9 Å². The highest BCUT2D eigenvalue weighted by molar-refractivity contribution is 6.12. The second kappa shape index (κ2) is 6.57. The van der Waals surface area contributed by atoms with Crippen molar-refractivity contribution < 1.29 is 14.3 Å². The maximum atomic E-state index is 9.28. The quantitative estimate of drug-likeness (QED) is 0.668. The van der Waals surface area contributed by atoms with Crippen molar-refractivity contribution in [3.05, 3.63) is 77.6 Å². The molecule has 1 aromatic heterocycles. The van der Waals surface area contributed by atoms with Gasteiger partial charge in [0, 0.05) is 5.69 Å². The van der Waals surface area contributed by atoms with Gasteiger partial charge in [-0.3, -0.25) is 5.41 Å². The molecule has 2 heterocycles. The van der Waals surface area contributed by atoms with Gasteiger partial charge in [-0.1, -0.05) is 24.3 Å². The Morgan fingerprint density at radius 1 is 1.12 bits per heavy atom. The number of rotatable bonds is 4. The molecule has 0 aliphatic carbocycles. The topological polar surface area (TPSA) is 81.7 Å². The Morgan fingerprint density at radius 2 is 1.85 bits per heavy atom. The third-order valence-corrected chi connectivity index (χ3v) is 4.52. The number of fused-ring (bicyclic) bond motifs is 1. The summed E-state index contributed by atoms with van der Waals surface area (Å²) < 4.78 is 10.7. The highest BCUT2D eigenvalue weighted by Crippen LogP contribution is 2.37. The van der Waals surface area contributed by atoms with E-state index in [4.69, 9.17) is 14.6 Å². The standard InChI is InChI=1S/C20H19N3O3/c1-25-16-8-4-14(5-9-16)19-22-20-17(10-11-26-20)18(21)23(19)15-6-2-13(12-24)3-7-15/h2-11,19,21-22,24H,12H2,1H3. The maximum Gasteiger partial charge on any atom is 0.205 e. The minimum Gasteiger partial charge on any atom is -0.497 e. The van der Waals surface area contributed by atoms with Gasteiger partial charge in [-0.2, -0.15) is 0 Å². The molecule has 3 N–H and O–H groups in total. The molecule has 1 atom stereocenters. The van der Waals surface area contributed by atoms with Crippen molar-refractivity contribution in [2.75, 3.05) is 17.3 Å². The van der Waals surface area contributed by atoms with Crippen LogP contribution in [0.2, 0.25) is 0 Å². The molecule has 4 rings (SSSR count). The highest BCUT2D eigenvalue weighted by atomic mass is 16.5. The predicted molar refractivity (Wildman–Crippen MR) is 99.7 cm³/mol. The van der Waals surface area contributed by atoms with E-state index >= 15 is 0 Å². The monoisotopic (exact) mass is 349 g/mol. The van der Waals surface area contributed by atoms with Gasteiger partial charge in [-0.25, -0.2) is 0 Å². The van der Waals surface area contributed by atoms with E-state index in [0.717, 1.165) is 22.6 Å². The van der Waals surface area contributed by atoms with Crippen LogP contribution in [0.3, 0.4) is 0 Å². The fourth-order valence-corrected chi connectivity index (χ4v) is 3.11. The van der Waals surface area contributed by atoms with Crippen LogP contribution in [-0.2, 0) is 6.61 Å². The molecule has 0 radical (unpaired) electrons. The molecule has 0 amide bonds. The molecular formula is C20H19N3O3. The molecule has 132 valence electrons. The molecule has 2 aromatic carbocycles. The molecule has 0 saturated heterocycles. The van der Waals surface area contributed by atoms with Gasteiger partial charge in [0.2, 0.25) is 5.88 Å². The number of hydrogen-bond acceptors (Lipinski definition) is 5. The zero-order chi connectivity index (χ0) is 18.1. The summed E-state index contributed by atoms with van der Waals surface area (Å²) in [4.78, 5) is 1.90. The molecule has 0 saturated carbocycles. The summed E-state index contributed by atoms with van der Waals surface area (Å²) in [6, 6.07) is 17.0. The van der Waals surface area contributed by atoms with Gasteiger partial charge in [0.1, 0.15) is 17.8 Å². The molecule has 1 aliphatic rings. The molecule has 1 unspecified atom stereocenters. The van der Waals surface area contributed by atoms with Crippen molar-refractivity contribution in [2.24, 2.45) is 0 Å². The number of anilines is 2. The van der Waals surface area contributed by atoms with Crippen LogP contribution < -0.4 is 15.0 Å². The van der Waals surface area contributed by atoms with E-state index in [9.17, 15) is 5.11 Å². The van der Waals surface area contributed by atoms with Crippen LogP contribution in [0.4, 0.5) is 11.6 Å². The first-order valence-electron chi connectivity index (χ1n) is 8.27. The largest absolute Gasteiger partial charge is 0.497 e. The van der Waals surface area contributed by atoms with Gasteiger partial charge in [0.15, 0.2) is 0 Å². The van der Waals surface area contributed by atoms with Crippen molar-refractivity contribution in [1.82, 2.24) is 0 Å². The maximum absolute atomic E-state index is 9.28. The molecule has 0 fully saturated rings. The zero-order valence-corrected chi connectivity index (χ0v) is 14.3. The molecule has 6 nitrogen and oxygen atoms in total. The Balaban J connectivity index is 1.78. The van der Waals surface area contributed by atoms with Gasteiger partial charge >= 0.3 is 0 Å². The summed E-state index contributed by atoms with van der Waals surface area (Å²) in [5, 5.41) is 21.3. The van der Waals surface area contributed by atoms with Crippen LogP contribution in [0.15, 0.2) is 65.3 Å². The number of amidine groups is 1. The third-order valence-electron chi connectivity index (χ3n) is 4.52. The van der Waals surface area contributed by atoms with E-state index in [1.54, 1.807) is 19.4 Å². The summed E-state index contributed by atoms with van der Waals surface area (Å²) in [6.07, 6.45) is 1.28. The predicted octanol–water partition coefficient (Wildman–Crippen LogP) is 3.74. The van der Waals surface area contributed by atoms with E-state index in [1.807, 2.05) is 53.4 Å². The van der Waals surface area contributed by atoms with Crippen molar-refractivity contribution >= 4 is 17.4 Å². The van der Waals surface area contributed by atoms with Gasteiger partial charge < -0.3 is 24.5 Å². The Morgan fingerprint density at radius 3 is 2.50 bits per heavy atom. The molecule has 3 aromatic rings. The summed E-state index contributed by atoms with van der Waals surface area (Å²) in [5.41, 5.74) is 3.37. The Hall–Kier alpha value is -3.25. The van der Waals surface area contributed by atoms with Crippen LogP contribution in [0, 0.1) is 5.41 Å². The van der Waals surface area contributed by atoms with Crippen molar-refractivity contribution in [3.8, 4) is 5.75 Å². The fraction of sp³-hybridized carbons (Fsp3) is 0.150.